The maximum Gasteiger partial charge on any atom is 0.254 e. The van der Waals surface area contributed by atoms with Crippen molar-refractivity contribution in [3.8, 4) is 5.75 Å². The van der Waals surface area contributed by atoms with Gasteiger partial charge in [0.15, 0.2) is 0 Å². The molecule has 1 saturated heterocycles. The maximum absolute atomic E-state index is 12.7. The lowest BCUT2D eigenvalue weighted by molar-refractivity contribution is 0.0269. The zero-order valence-electron chi connectivity index (χ0n) is 14.7. The molecule has 3 rings (SSSR count). The largest absolute Gasteiger partial charge is 0.493 e. The average molecular weight is 339 g/mol. The zero-order valence-corrected chi connectivity index (χ0v) is 14.7. The van der Waals surface area contributed by atoms with Crippen LogP contribution in [0.2, 0.25) is 0 Å². The van der Waals surface area contributed by atoms with Crippen molar-refractivity contribution in [1.29, 1.82) is 0 Å². The normalized spacial score (nSPS) is 17.3. The molecule has 4 heteroatoms. The highest BCUT2D eigenvalue weighted by atomic mass is 16.5. The van der Waals surface area contributed by atoms with Gasteiger partial charge in [-0.25, -0.2) is 0 Å². The first-order valence-electron chi connectivity index (χ1n) is 8.85. The molecule has 0 aliphatic carbocycles. The van der Waals surface area contributed by atoms with E-state index in [0.29, 0.717) is 18.7 Å². The number of ether oxygens (including phenoxy) is 2. The molecule has 25 heavy (non-hydrogen) atoms. The van der Waals surface area contributed by atoms with Crippen molar-refractivity contribution in [2.24, 2.45) is 0 Å². The number of carbonyl (C=O) groups excluding carboxylic acids is 1. The highest BCUT2D eigenvalue weighted by molar-refractivity contribution is 5.94. The monoisotopic (exact) mass is 339 g/mol. The molecule has 2 aromatic carbocycles. The van der Waals surface area contributed by atoms with E-state index in [2.05, 4.69) is 12.1 Å². The maximum atomic E-state index is 12.7. The molecule has 1 aliphatic rings. The quantitative estimate of drug-likeness (QED) is 0.808. The average Bonchev–Trinajstić information content (AvgIpc) is 2.68. The Labute approximate surface area is 149 Å². The van der Waals surface area contributed by atoms with Crippen LogP contribution in [0, 0.1) is 0 Å². The van der Waals surface area contributed by atoms with Crippen molar-refractivity contribution in [3.63, 3.8) is 0 Å². The van der Waals surface area contributed by atoms with Crippen molar-refractivity contribution in [3.05, 3.63) is 65.7 Å². The van der Waals surface area contributed by atoms with Crippen LogP contribution in [0.25, 0.3) is 0 Å². The Hall–Kier alpha value is -2.33. The van der Waals surface area contributed by atoms with Crippen LogP contribution < -0.4 is 4.74 Å². The van der Waals surface area contributed by atoms with E-state index in [1.54, 1.807) is 7.11 Å². The fourth-order valence-corrected chi connectivity index (χ4v) is 3.15. The fourth-order valence-electron chi connectivity index (χ4n) is 3.15. The van der Waals surface area contributed by atoms with Crippen molar-refractivity contribution in [2.45, 2.75) is 25.4 Å². The molecule has 0 aromatic heterocycles. The minimum atomic E-state index is 0.0512. The predicted octanol–water partition coefficient (Wildman–Crippen LogP) is 3.56. The van der Waals surface area contributed by atoms with E-state index in [9.17, 15) is 4.79 Å². The van der Waals surface area contributed by atoms with Gasteiger partial charge in [0.25, 0.3) is 5.91 Å². The molecule has 1 unspecified atom stereocenters. The fraction of sp³-hybridized carbons (Fsp3) is 0.381. The first kappa shape index (κ1) is 17.5. The lowest BCUT2D eigenvalue weighted by Gasteiger charge is -2.32. The summed E-state index contributed by atoms with van der Waals surface area (Å²) in [5, 5.41) is 0. The van der Waals surface area contributed by atoms with Crippen molar-refractivity contribution in [2.75, 3.05) is 26.8 Å². The van der Waals surface area contributed by atoms with E-state index < -0.39 is 0 Å². The minimum absolute atomic E-state index is 0.0512. The summed E-state index contributed by atoms with van der Waals surface area (Å²) in [6.45, 7) is 2.04. The molecule has 1 aliphatic heterocycles. The molecule has 1 atom stereocenters. The third-order valence-corrected chi connectivity index (χ3v) is 4.58. The number of piperidine rings is 1. The third kappa shape index (κ3) is 4.83. The molecule has 1 fully saturated rings. The number of rotatable bonds is 6. The second-order valence-electron chi connectivity index (χ2n) is 6.36. The molecular weight excluding hydrogens is 314 g/mol. The van der Waals surface area contributed by atoms with Crippen LogP contribution in [-0.4, -0.2) is 43.7 Å². The summed E-state index contributed by atoms with van der Waals surface area (Å²) >= 11 is 0. The summed E-state index contributed by atoms with van der Waals surface area (Å²) < 4.78 is 11.2. The SMILES string of the molecule is COC1CCCN(C(=O)c2cccc(OCCc3ccccc3)c2)C1. The van der Waals surface area contributed by atoms with Gasteiger partial charge in [-0.2, -0.15) is 0 Å². The first-order valence-corrected chi connectivity index (χ1v) is 8.85. The van der Waals surface area contributed by atoms with Crippen molar-refractivity contribution >= 4 is 5.91 Å². The molecular formula is C21H25NO3. The number of likely N-dealkylation sites (tertiary alicyclic amines) is 1. The Morgan fingerprint density at radius 3 is 2.80 bits per heavy atom. The van der Waals surface area contributed by atoms with Crippen molar-refractivity contribution < 1.29 is 14.3 Å². The second-order valence-corrected chi connectivity index (χ2v) is 6.36. The van der Waals surface area contributed by atoms with Gasteiger partial charge in [-0.15, -0.1) is 0 Å². The van der Waals surface area contributed by atoms with Gasteiger partial charge in [0, 0.05) is 32.2 Å². The Bertz CT molecular complexity index is 687. The van der Waals surface area contributed by atoms with Crippen LogP contribution in [0.5, 0.6) is 5.75 Å². The molecule has 0 spiro atoms. The molecule has 2 aromatic rings. The van der Waals surface area contributed by atoms with E-state index in [-0.39, 0.29) is 12.0 Å². The van der Waals surface area contributed by atoms with Gasteiger partial charge >= 0.3 is 0 Å². The van der Waals surface area contributed by atoms with Crippen LogP contribution in [0.4, 0.5) is 0 Å². The molecule has 0 radical (unpaired) electrons. The first-order chi connectivity index (χ1) is 12.3. The zero-order chi connectivity index (χ0) is 17.5. The van der Waals surface area contributed by atoms with Gasteiger partial charge in [0.05, 0.1) is 12.7 Å². The van der Waals surface area contributed by atoms with Crippen LogP contribution in [-0.2, 0) is 11.2 Å². The molecule has 1 amide bonds. The molecule has 0 bridgehead atoms. The van der Waals surface area contributed by atoms with Crippen LogP contribution in [0.15, 0.2) is 54.6 Å². The lowest BCUT2D eigenvalue weighted by Crippen LogP contribution is -2.42. The summed E-state index contributed by atoms with van der Waals surface area (Å²) in [6, 6.07) is 17.7. The predicted molar refractivity (Wildman–Crippen MR) is 98.0 cm³/mol. The molecule has 4 nitrogen and oxygen atoms in total. The van der Waals surface area contributed by atoms with E-state index in [1.165, 1.54) is 5.56 Å². The number of amides is 1. The van der Waals surface area contributed by atoms with Gasteiger partial charge in [-0.3, -0.25) is 4.79 Å². The summed E-state index contributed by atoms with van der Waals surface area (Å²) in [6.07, 6.45) is 2.99. The summed E-state index contributed by atoms with van der Waals surface area (Å²) in [4.78, 5) is 14.6. The van der Waals surface area contributed by atoms with Crippen LogP contribution >= 0.6 is 0 Å². The Morgan fingerprint density at radius 2 is 2.00 bits per heavy atom. The third-order valence-electron chi connectivity index (χ3n) is 4.58. The topological polar surface area (TPSA) is 38.8 Å². The van der Waals surface area contributed by atoms with E-state index in [0.717, 1.165) is 31.6 Å². The van der Waals surface area contributed by atoms with Crippen LogP contribution in [0.1, 0.15) is 28.8 Å². The van der Waals surface area contributed by atoms with Crippen molar-refractivity contribution in [1.82, 2.24) is 4.90 Å². The van der Waals surface area contributed by atoms with Gasteiger partial charge in [-0.1, -0.05) is 36.4 Å². The number of hydrogen-bond acceptors (Lipinski definition) is 3. The summed E-state index contributed by atoms with van der Waals surface area (Å²) in [7, 11) is 1.71. The second kappa shape index (κ2) is 8.67. The standard InChI is InChI=1S/C21H25NO3/c1-24-20-11-6-13-22(16-20)21(23)18-9-5-10-19(15-18)25-14-12-17-7-3-2-4-8-17/h2-5,7-10,15,20H,6,11-14,16H2,1H3. The van der Waals surface area contributed by atoms with E-state index >= 15 is 0 Å². The van der Waals surface area contributed by atoms with Gasteiger partial charge in [0.1, 0.15) is 5.75 Å². The molecule has 132 valence electrons. The van der Waals surface area contributed by atoms with E-state index in [1.807, 2.05) is 47.4 Å². The van der Waals surface area contributed by atoms with Gasteiger partial charge in [0.2, 0.25) is 0 Å². The molecule has 1 heterocycles. The lowest BCUT2D eigenvalue weighted by atomic mass is 10.1. The Morgan fingerprint density at radius 1 is 1.16 bits per heavy atom. The number of carbonyl (C=O) groups is 1. The van der Waals surface area contributed by atoms with Gasteiger partial charge in [-0.05, 0) is 36.6 Å². The number of methoxy groups -OCH3 is 1. The molecule has 0 saturated carbocycles. The summed E-state index contributed by atoms with van der Waals surface area (Å²) in [5.74, 6) is 0.789. The Balaban J connectivity index is 1.58. The minimum Gasteiger partial charge on any atom is -0.493 e. The van der Waals surface area contributed by atoms with Gasteiger partial charge < -0.3 is 14.4 Å². The highest BCUT2D eigenvalue weighted by Crippen LogP contribution is 2.19. The Kier molecular flexibility index (Phi) is 6.07. The molecule has 0 N–H and O–H groups in total. The van der Waals surface area contributed by atoms with E-state index in [4.69, 9.17) is 9.47 Å². The number of benzene rings is 2. The summed E-state index contributed by atoms with van der Waals surface area (Å²) in [5.41, 5.74) is 1.92. The number of hydrogen-bond donors (Lipinski definition) is 0. The van der Waals surface area contributed by atoms with Crippen LogP contribution in [0.3, 0.4) is 0 Å². The number of nitrogens with zero attached hydrogens (tertiary/aromatic N) is 1. The highest BCUT2D eigenvalue weighted by Gasteiger charge is 2.24. The smallest absolute Gasteiger partial charge is 0.254 e.